The Hall–Kier alpha value is -2.51. The minimum atomic E-state index is -0.487. The van der Waals surface area contributed by atoms with Crippen molar-refractivity contribution in [3.8, 4) is 5.75 Å². The number of pyridine rings is 1. The second-order valence-electron chi connectivity index (χ2n) is 7.18. The van der Waals surface area contributed by atoms with Crippen LogP contribution < -0.4 is 20.7 Å². The Morgan fingerprint density at radius 2 is 1.85 bits per heavy atom. The van der Waals surface area contributed by atoms with Crippen molar-refractivity contribution in [2.75, 3.05) is 27.2 Å². The van der Waals surface area contributed by atoms with E-state index in [1.54, 1.807) is 20.4 Å². The van der Waals surface area contributed by atoms with Crippen LogP contribution in [0.25, 0.3) is 0 Å². The van der Waals surface area contributed by atoms with Crippen LogP contribution in [0.5, 0.6) is 5.75 Å². The molecule has 1 amide bonds. The van der Waals surface area contributed by atoms with Crippen LogP contribution in [-0.2, 0) is 11.3 Å². The summed E-state index contributed by atoms with van der Waals surface area (Å²) < 4.78 is 10.6. The van der Waals surface area contributed by atoms with Gasteiger partial charge in [-0.2, -0.15) is 0 Å². The molecule has 8 nitrogen and oxygen atoms in total. The average Bonchev–Trinajstić information content (AvgIpc) is 2.57. The first-order valence-electron chi connectivity index (χ1n) is 9.08. The highest BCUT2D eigenvalue weighted by molar-refractivity contribution is 5.79. The lowest BCUT2D eigenvalue weighted by molar-refractivity contribution is 0.0527. The number of hydrogen-bond donors (Lipinski definition) is 3. The van der Waals surface area contributed by atoms with Crippen molar-refractivity contribution in [1.82, 2.24) is 20.9 Å². The second-order valence-corrected chi connectivity index (χ2v) is 7.18. The quantitative estimate of drug-likeness (QED) is 0.382. The topological polar surface area (TPSA) is 96.9 Å². The summed E-state index contributed by atoms with van der Waals surface area (Å²) in [5.41, 5.74) is 2.45. The van der Waals surface area contributed by atoms with Gasteiger partial charge in [-0.25, -0.2) is 4.79 Å². The monoisotopic (exact) mass is 379 g/mol. The normalized spacial score (nSPS) is 11.7. The molecule has 27 heavy (non-hydrogen) atoms. The van der Waals surface area contributed by atoms with E-state index in [0.29, 0.717) is 25.6 Å². The molecule has 0 fully saturated rings. The summed E-state index contributed by atoms with van der Waals surface area (Å²) in [6, 6.07) is 0. The van der Waals surface area contributed by atoms with Gasteiger partial charge in [0.2, 0.25) is 0 Å². The molecule has 1 rings (SSSR count). The molecule has 0 spiro atoms. The molecular weight excluding hydrogens is 346 g/mol. The van der Waals surface area contributed by atoms with E-state index >= 15 is 0 Å². The average molecular weight is 380 g/mol. The number of aliphatic imine (C=N–C) groups is 1. The van der Waals surface area contributed by atoms with Crippen LogP contribution in [0.2, 0.25) is 0 Å². The van der Waals surface area contributed by atoms with E-state index < -0.39 is 11.7 Å². The summed E-state index contributed by atoms with van der Waals surface area (Å²) in [5, 5.41) is 9.17. The molecule has 0 aliphatic heterocycles. The number of aryl methyl sites for hydroxylation is 1. The lowest BCUT2D eigenvalue weighted by Crippen LogP contribution is -2.39. The van der Waals surface area contributed by atoms with Gasteiger partial charge in [0.1, 0.15) is 11.4 Å². The minimum Gasteiger partial charge on any atom is -0.496 e. The van der Waals surface area contributed by atoms with Gasteiger partial charge in [-0.05, 0) is 41.0 Å². The number of ether oxygens (including phenoxy) is 2. The fourth-order valence-corrected chi connectivity index (χ4v) is 2.44. The molecule has 0 saturated carbocycles. The van der Waals surface area contributed by atoms with E-state index in [4.69, 9.17) is 9.47 Å². The highest BCUT2D eigenvalue weighted by Gasteiger charge is 2.15. The van der Waals surface area contributed by atoms with Crippen LogP contribution in [0.1, 0.15) is 44.0 Å². The third kappa shape index (κ3) is 8.15. The van der Waals surface area contributed by atoms with Crippen molar-refractivity contribution < 1.29 is 14.3 Å². The number of alkyl carbamates (subject to hydrolysis) is 1. The molecule has 1 heterocycles. The zero-order valence-corrected chi connectivity index (χ0v) is 17.5. The number of carbonyl (C=O) groups excluding carboxylic acids is 1. The molecule has 8 heteroatoms. The molecule has 0 aliphatic carbocycles. The molecule has 0 saturated heterocycles. The maximum absolute atomic E-state index is 11.6. The van der Waals surface area contributed by atoms with E-state index in [0.717, 1.165) is 29.0 Å². The number of aromatic nitrogens is 1. The first-order chi connectivity index (χ1) is 12.7. The lowest BCUT2D eigenvalue weighted by atomic mass is 10.1. The molecule has 3 N–H and O–H groups in total. The molecule has 0 aliphatic rings. The Balaban J connectivity index is 2.37. The van der Waals surface area contributed by atoms with Crippen LogP contribution >= 0.6 is 0 Å². The number of carbonyl (C=O) groups is 1. The number of nitrogens with zero attached hydrogens (tertiary/aromatic N) is 2. The standard InChI is InChI=1S/C19H33N5O3/c1-13-11-23-15(14(2)16(13)26-7)12-24-17(20-6)21-9-8-10-22-18(25)27-19(3,4)5/h11H,8-10,12H2,1-7H3,(H,22,25)(H2,20,21,24). The van der Waals surface area contributed by atoms with Crippen molar-refractivity contribution in [2.24, 2.45) is 4.99 Å². The van der Waals surface area contributed by atoms with Gasteiger partial charge in [-0.15, -0.1) is 0 Å². The number of methoxy groups -OCH3 is 1. The van der Waals surface area contributed by atoms with Crippen molar-refractivity contribution in [3.63, 3.8) is 0 Å². The first-order valence-corrected chi connectivity index (χ1v) is 9.08. The molecule has 0 aromatic carbocycles. The fraction of sp³-hybridized carbons (Fsp3) is 0.632. The number of nitrogens with one attached hydrogen (secondary N) is 3. The van der Waals surface area contributed by atoms with Gasteiger partial charge in [0.25, 0.3) is 0 Å². The van der Waals surface area contributed by atoms with Gasteiger partial charge in [0.15, 0.2) is 5.96 Å². The molecule has 1 aromatic rings. The Kier molecular flexibility index (Phi) is 8.84. The van der Waals surface area contributed by atoms with Gasteiger partial charge < -0.3 is 25.4 Å². The Morgan fingerprint density at radius 1 is 1.19 bits per heavy atom. The van der Waals surface area contributed by atoms with E-state index in [9.17, 15) is 4.79 Å². The summed E-state index contributed by atoms with van der Waals surface area (Å²) in [7, 11) is 3.38. The number of guanidine groups is 1. The van der Waals surface area contributed by atoms with Gasteiger partial charge in [0.05, 0.1) is 19.3 Å². The lowest BCUT2D eigenvalue weighted by Gasteiger charge is -2.19. The van der Waals surface area contributed by atoms with Crippen molar-refractivity contribution in [1.29, 1.82) is 0 Å². The number of amides is 1. The Bertz CT molecular complexity index is 653. The van der Waals surface area contributed by atoms with Gasteiger partial charge >= 0.3 is 6.09 Å². The van der Waals surface area contributed by atoms with Crippen LogP contribution in [0.3, 0.4) is 0 Å². The molecule has 0 bridgehead atoms. The molecule has 1 aromatic heterocycles. The highest BCUT2D eigenvalue weighted by Crippen LogP contribution is 2.23. The third-order valence-electron chi connectivity index (χ3n) is 3.71. The first kappa shape index (κ1) is 22.5. The van der Waals surface area contributed by atoms with Gasteiger partial charge in [-0.3, -0.25) is 9.98 Å². The predicted octanol–water partition coefficient (Wildman–Crippen LogP) is 2.29. The maximum Gasteiger partial charge on any atom is 0.407 e. The zero-order valence-electron chi connectivity index (χ0n) is 17.5. The van der Waals surface area contributed by atoms with E-state index in [1.807, 2.05) is 34.6 Å². The predicted molar refractivity (Wildman–Crippen MR) is 107 cm³/mol. The van der Waals surface area contributed by atoms with Crippen LogP contribution in [0.15, 0.2) is 11.2 Å². The van der Waals surface area contributed by atoms with Crippen LogP contribution in [0.4, 0.5) is 4.79 Å². The molecule has 0 unspecified atom stereocenters. The number of rotatable bonds is 7. The Morgan fingerprint density at radius 3 is 2.44 bits per heavy atom. The maximum atomic E-state index is 11.6. The van der Waals surface area contributed by atoms with E-state index in [1.165, 1.54) is 0 Å². The highest BCUT2D eigenvalue weighted by atomic mass is 16.6. The zero-order chi connectivity index (χ0) is 20.4. The smallest absolute Gasteiger partial charge is 0.407 e. The van der Waals surface area contributed by atoms with E-state index in [-0.39, 0.29) is 0 Å². The minimum absolute atomic E-state index is 0.403. The SMILES string of the molecule is CN=C(NCCCNC(=O)OC(C)(C)C)NCc1ncc(C)c(OC)c1C. The largest absolute Gasteiger partial charge is 0.496 e. The summed E-state index contributed by atoms with van der Waals surface area (Å²) >= 11 is 0. The molecule has 0 radical (unpaired) electrons. The molecular formula is C19H33N5O3. The molecule has 152 valence electrons. The summed E-state index contributed by atoms with van der Waals surface area (Å²) in [6.07, 6.45) is 2.15. The second kappa shape index (κ2) is 10.6. The summed E-state index contributed by atoms with van der Waals surface area (Å²) in [6.45, 7) is 11.2. The third-order valence-corrected chi connectivity index (χ3v) is 3.71. The number of hydrogen-bond acceptors (Lipinski definition) is 5. The molecule has 0 atom stereocenters. The summed E-state index contributed by atoms with van der Waals surface area (Å²) in [5.74, 6) is 1.53. The van der Waals surface area contributed by atoms with E-state index in [2.05, 4.69) is 25.9 Å². The van der Waals surface area contributed by atoms with Crippen molar-refractivity contribution in [2.45, 2.75) is 53.2 Å². The van der Waals surface area contributed by atoms with Gasteiger partial charge in [-0.1, -0.05) is 0 Å². The fourth-order valence-electron chi connectivity index (χ4n) is 2.44. The van der Waals surface area contributed by atoms with Crippen molar-refractivity contribution in [3.05, 3.63) is 23.0 Å². The van der Waals surface area contributed by atoms with Crippen molar-refractivity contribution >= 4 is 12.1 Å². The van der Waals surface area contributed by atoms with Crippen LogP contribution in [-0.4, -0.2) is 49.9 Å². The van der Waals surface area contributed by atoms with Crippen LogP contribution in [0, 0.1) is 13.8 Å². The Labute approximate surface area is 162 Å². The summed E-state index contributed by atoms with van der Waals surface area (Å²) in [4.78, 5) is 20.2. The van der Waals surface area contributed by atoms with Gasteiger partial charge in [0, 0.05) is 37.5 Å².